The highest BCUT2D eigenvalue weighted by atomic mass is 16.2. The standard InChI is InChI=1S/C17H25N3O2/c1-12(2)20-10-9-15(17(20)22)18-14-8-6-5-7-13(14)11-16(21)19(3)4/h5-8,12,15,18H,9-11H2,1-4H3/t15-/m1/s1. The van der Waals surface area contributed by atoms with Crippen LogP contribution < -0.4 is 5.32 Å². The van der Waals surface area contributed by atoms with Gasteiger partial charge in [0, 0.05) is 32.4 Å². The van der Waals surface area contributed by atoms with Gasteiger partial charge in [-0.3, -0.25) is 9.59 Å². The number of likely N-dealkylation sites (N-methyl/N-ethyl adjacent to an activating group) is 1. The Bertz CT molecular complexity index is 555. The number of nitrogens with zero attached hydrogens (tertiary/aromatic N) is 2. The van der Waals surface area contributed by atoms with E-state index >= 15 is 0 Å². The molecular formula is C17H25N3O2. The topological polar surface area (TPSA) is 52.7 Å². The number of hydrogen-bond donors (Lipinski definition) is 1. The smallest absolute Gasteiger partial charge is 0.245 e. The molecule has 120 valence electrons. The van der Waals surface area contributed by atoms with Crippen molar-refractivity contribution in [3.8, 4) is 0 Å². The van der Waals surface area contributed by atoms with E-state index in [1.807, 2.05) is 43.0 Å². The molecule has 0 bridgehead atoms. The van der Waals surface area contributed by atoms with E-state index in [1.54, 1.807) is 19.0 Å². The predicted molar refractivity (Wildman–Crippen MR) is 87.7 cm³/mol. The van der Waals surface area contributed by atoms with Crippen molar-refractivity contribution in [2.24, 2.45) is 0 Å². The van der Waals surface area contributed by atoms with Gasteiger partial charge in [0.05, 0.1) is 6.42 Å². The number of rotatable bonds is 5. The van der Waals surface area contributed by atoms with Crippen LogP contribution in [0.2, 0.25) is 0 Å². The number of carbonyl (C=O) groups is 2. The van der Waals surface area contributed by atoms with Crippen molar-refractivity contribution in [2.45, 2.75) is 38.8 Å². The van der Waals surface area contributed by atoms with Gasteiger partial charge in [-0.05, 0) is 31.9 Å². The molecule has 1 aliphatic heterocycles. The summed E-state index contributed by atoms with van der Waals surface area (Å²) in [5.41, 5.74) is 1.80. The van der Waals surface area contributed by atoms with E-state index in [2.05, 4.69) is 5.32 Å². The van der Waals surface area contributed by atoms with Crippen LogP contribution >= 0.6 is 0 Å². The highest BCUT2D eigenvalue weighted by Gasteiger charge is 2.33. The van der Waals surface area contributed by atoms with Gasteiger partial charge in [-0.25, -0.2) is 0 Å². The fraction of sp³-hybridized carbons (Fsp3) is 0.529. The van der Waals surface area contributed by atoms with Gasteiger partial charge in [-0.2, -0.15) is 0 Å². The lowest BCUT2D eigenvalue weighted by molar-refractivity contribution is -0.129. The molecule has 0 spiro atoms. The van der Waals surface area contributed by atoms with Gasteiger partial charge < -0.3 is 15.1 Å². The number of carbonyl (C=O) groups excluding carboxylic acids is 2. The maximum Gasteiger partial charge on any atom is 0.245 e. The number of anilines is 1. The maximum atomic E-state index is 12.4. The molecule has 1 aromatic carbocycles. The van der Waals surface area contributed by atoms with Gasteiger partial charge in [0.2, 0.25) is 11.8 Å². The summed E-state index contributed by atoms with van der Waals surface area (Å²) in [6.45, 7) is 4.85. The van der Waals surface area contributed by atoms with Crippen LogP contribution in [0.3, 0.4) is 0 Å². The summed E-state index contributed by atoms with van der Waals surface area (Å²) >= 11 is 0. The summed E-state index contributed by atoms with van der Waals surface area (Å²) in [7, 11) is 3.50. The van der Waals surface area contributed by atoms with E-state index in [1.165, 1.54) is 0 Å². The minimum atomic E-state index is -0.196. The molecule has 0 unspecified atom stereocenters. The van der Waals surface area contributed by atoms with Gasteiger partial charge in [0.15, 0.2) is 0 Å². The van der Waals surface area contributed by atoms with E-state index in [9.17, 15) is 9.59 Å². The van der Waals surface area contributed by atoms with Gasteiger partial charge >= 0.3 is 0 Å². The van der Waals surface area contributed by atoms with Gasteiger partial charge in [0.25, 0.3) is 0 Å². The Balaban J connectivity index is 2.11. The number of amides is 2. The SMILES string of the molecule is CC(C)N1CC[C@@H](Nc2ccccc2CC(=O)N(C)C)C1=O. The Kier molecular flexibility index (Phi) is 5.06. The molecule has 5 heteroatoms. The first kappa shape index (κ1) is 16.3. The van der Waals surface area contributed by atoms with Crippen LogP contribution in [0.15, 0.2) is 24.3 Å². The predicted octanol–water partition coefficient (Wildman–Crippen LogP) is 1.74. The van der Waals surface area contributed by atoms with Crippen molar-refractivity contribution in [3.63, 3.8) is 0 Å². The second kappa shape index (κ2) is 6.81. The third-order valence-corrected chi connectivity index (χ3v) is 4.05. The molecule has 5 nitrogen and oxygen atoms in total. The molecule has 1 saturated heterocycles. The molecule has 1 atom stereocenters. The Morgan fingerprint density at radius 3 is 2.64 bits per heavy atom. The third-order valence-electron chi connectivity index (χ3n) is 4.05. The van der Waals surface area contributed by atoms with Crippen LogP contribution in [-0.4, -0.2) is 54.3 Å². The van der Waals surface area contributed by atoms with Gasteiger partial charge in [-0.1, -0.05) is 18.2 Å². The molecule has 1 fully saturated rings. The fourth-order valence-corrected chi connectivity index (χ4v) is 2.67. The second-order valence-electron chi connectivity index (χ2n) is 6.23. The van der Waals surface area contributed by atoms with E-state index in [-0.39, 0.29) is 23.9 Å². The first-order chi connectivity index (χ1) is 10.4. The zero-order valence-corrected chi connectivity index (χ0v) is 13.8. The maximum absolute atomic E-state index is 12.4. The number of para-hydroxylation sites is 1. The average Bonchev–Trinajstić information content (AvgIpc) is 2.82. The molecule has 1 aliphatic rings. The van der Waals surface area contributed by atoms with Crippen LogP contribution in [0.1, 0.15) is 25.8 Å². The van der Waals surface area contributed by atoms with Crippen molar-refractivity contribution < 1.29 is 9.59 Å². The zero-order chi connectivity index (χ0) is 16.3. The van der Waals surface area contributed by atoms with Gasteiger partial charge in [-0.15, -0.1) is 0 Å². The molecule has 2 amide bonds. The van der Waals surface area contributed by atoms with Crippen molar-refractivity contribution in [1.82, 2.24) is 9.80 Å². The molecule has 2 rings (SSSR count). The highest BCUT2D eigenvalue weighted by Crippen LogP contribution is 2.22. The Hall–Kier alpha value is -2.04. The lowest BCUT2D eigenvalue weighted by atomic mass is 10.1. The summed E-state index contributed by atoms with van der Waals surface area (Å²) in [6.07, 6.45) is 1.14. The van der Waals surface area contributed by atoms with E-state index in [0.29, 0.717) is 6.42 Å². The summed E-state index contributed by atoms with van der Waals surface area (Å²) in [5, 5.41) is 3.33. The Morgan fingerprint density at radius 2 is 2.05 bits per heavy atom. The summed E-state index contributed by atoms with van der Waals surface area (Å²) in [4.78, 5) is 27.8. The van der Waals surface area contributed by atoms with Crippen LogP contribution in [0.4, 0.5) is 5.69 Å². The third kappa shape index (κ3) is 3.59. The first-order valence-corrected chi connectivity index (χ1v) is 7.75. The lowest BCUT2D eigenvalue weighted by Gasteiger charge is -2.22. The number of benzene rings is 1. The van der Waals surface area contributed by atoms with Crippen molar-refractivity contribution in [1.29, 1.82) is 0 Å². The van der Waals surface area contributed by atoms with Crippen molar-refractivity contribution in [3.05, 3.63) is 29.8 Å². The summed E-state index contributed by atoms with van der Waals surface area (Å²) in [5.74, 6) is 0.194. The number of nitrogens with one attached hydrogen (secondary N) is 1. The molecule has 1 N–H and O–H groups in total. The summed E-state index contributed by atoms with van der Waals surface area (Å²) in [6, 6.07) is 7.74. The minimum Gasteiger partial charge on any atom is -0.373 e. The molecular weight excluding hydrogens is 278 g/mol. The first-order valence-electron chi connectivity index (χ1n) is 7.75. The highest BCUT2D eigenvalue weighted by molar-refractivity contribution is 5.87. The van der Waals surface area contributed by atoms with E-state index in [0.717, 1.165) is 24.2 Å². The number of likely N-dealkylation sites (tertiary alicyclic amines) is 1. The average molecular weight is 303 g/mol. The normalized spacial score (nSPS) is 18.0. The van der Waals surface area contributed by atoms with Crippen molar-refractivity contribution >= 4 is 17.5 Å². The quantitative estimate of drug-likeness (QED) is 0.901. The van der Waals surface area contributed by atoms with Crippen LogP contribution in [0.25, 0.3) is 0 Å². The van der Waals surface area contributed by atoms with Crippen LogP contribution in [0, 0.1) is 0 Å². The Labute approximate surface area is 132 Å². The van der Waals surface area contributed by atoms with Gasteiger partial charge in [0.1, 0.15) is 6.04 Å². The molecule has 0 aromatic heterocycles. The minimum absolute atomic E-state index is 0.0517. The van der Waals surface area contributed by atoms with E-state index in [4.69, 9.17) is 0 Å². The Morgan fingerprint density at radius 1 is 1.36 bits per heavy atom. The van der Waals surface area contributed by atoms with Crippen molar-refractivity contribution in [2.75, 3.05) is 26.0 Å². The van der Waals surface area contributed by atoms with E-state index < -0.39 is 0 Å². The number of hydrogen-bond acceptors (Lipinski definition) is 3. The molecule has 0 aliphatic carbocycles. The zero-order valence-electron chi connectivity index (χ0n) is 13.8. The molecule has 1 heterocycles. The molecule has 0 saturated carbocycles. The summed E-state index contributed by atoms with van der Waals surface area (Å²) < 4.78 is 0. The largest absolute Gasteiger partial charge is 0.373 e. The second-order valence-corrected chi connectivity index (χ2v) is 6.23. The van der Waals surface area contributed by atoms with Crippen LogP contribution in [-0.2, 0) is 16.0 Å². The monoisotopic (exact) mass is 303 g/mol. The fourth-order valence-electron chi connectivity index (χ4n) is 2.67. The molecule has 22 heavy (non-hydrogen) atoms. The molecule has 1 aromatic rings. The molecule has 0 radical (unpaired) electrons. The van der Waals surface area contributed by atoms with Crippen LogP contribution in [0.5, 0.6) is 0 Å². The lowest BCUT2D eigenvalue weighted by Crippen LogP contribution is -2.37.